The molecule has 0 saturated carbocycles. The van der Waals surface area contributed by atoms with Gasteiger partial charge in [0.25, 0.3) is 0 Å². The Hall–Kier alpha value is -1.31. The first-order valence-electron chi connectivity index (χ1n) is 5.57. The van der Waals surface area contributed by atoms with Crippen LogP contribution in [0.1, 0.15) is 36.8 Å². The van der Waals surface area contributed by atoms with Crippen molar-refractivity contribution in [3.8, 4) is 0 Å². The number of ether oxygens (including phenoxy) is 1. The molecule has 0 saturated heterocycles. The van der Waals surface area contributed by atoms with E-state index in [1.165, 1.54) is 11.1 Å². The molecule has 0 radical (unpaired) electrons. The number of esters is 1. The second kappa shape index (κ2) is 4.47. The molecule has 0 aromatic heterocycles. The van der Waals surface area contributed by atoms with Crippen LogP contribution in [-0.2, 0) is 16.0 Å². The molecule has 0 amide bonds. The van der Waals surface area contributed by atoms with Gasteiger partial charge in [-0.25, -0.2) is 0 Å². The molecule has 0 bridgehead atoms. The van der Waals surface area contributed by atoms with Gasteiger partial charge in [-0.05, 0) is 37.3 Å². The SMILES string of the molecule is CCOC(=O)C1CCCc2ccccc21. The van der Waals surface area contributed by atoms with Crippen molar-refractivity contribution < 1.29 is 9.53 Å². The lowest BCUT2D eigenvalue weighted by molar-refractivity contribution is -0.145. The lowest BCUT2D eigenvalue weighted by Gasteiger charge is -2.23. The average molecular weight is 204 g/mol. The number of carbonyl (C=O) groups excluding carboxylic acids is 1. The first kappa shape index (κ1) is 10.2. The van der Waals surface area contributed by atoms with Gasteiger partial charge in [0, 0.05) is 0 Å². The fraction of sp³-hybridized carbons (Fsp3) is 0.462. The Balaban J connectivity index is 2.25. The van der Waals surface area contributed by atoms with E-state index < -0.39 is 0 Å². The molecule has 0 fully saturated rings. The van der Waals surface area contributed by atoms with Crippen LogP contribution in [0.15, 0.2) is 24.3 Å². The first-order valence-corrected chi connectivity index (χ1v) is 5.57. The summed E-state index contributed by atoms with van der Waals surface area (Å²) in [6, 6.07) is 8.19. The second-order valence-corrected chi connectivity index (χ2v) is 3.90. The molecule has 1 aromatic carbocycles. The highest BCUT2D eigenvalue weighted by molar-refractivity contribution is 5.79. The van der Waals surface area contributed by atoms with Gasteiger partial charge in [-0.2, -0.15) is 0 Å². The van der Waals surface area contributed by atoms with Crippen molar-refractivity contribution in [1.82, 2.24) is 0 Å². The summed E-state index contributed by atoms with van der Waals surface area (Å²) in [5.41, 5.74) is 2.48. The van der Waals surface area contributed by atoms with Crippen LogP contribution >= 0.6 is 0 Å². The lowest BCUT2D eigenvalue weighted by Crippen LogP contribution is -2.20. The van der Waals surface area contributed by atoms with E-state index >= 15 is 0 Å². The second-order valence-electron chi connectivity index (χ2n) is 3.90. The van der Waals surface area contributed by atoms with Crippen LogP contribution < -0.4 is 0 Å². The number of hydrogen-bond acceptors (Lipinski definition) is 2. The van der Waals surface area contributed by atoms with E-state index in [0.29, 0.717) is 6.61 Å². The molecule has 1 aromatic rings. The number of fused-ring (bicyclic) bond motifs is 1. The Labute approximate surface area is 90.3 Å². The number of hydrogen-bond donors (Lipinski definition) is 0. The highest BCUT2D eigenvalue weighted by Crippen LogP contribution is 2.32. The molecule has 0 N–H and O–H groups in total. The molecule has 0 heterocycles. The third-order valence-corrected chi connectivity index (χ3v) is 2.94. The fourth-order valence-corrected chi connectivity index (χ4v) is 2.24. The monoisotopic (exact) mass is 204 g/mol. The van der Waals surface area contributed by atoms with E-state index in [-0.39, 0.29) is 11.9 Å². The van der Waals surface area contributed by atoms with Crippen molar-refractivity contribution >= 4 is 5.97 Å². The van der Waals surface area contributed by atoms with E-state index in [4.69, 9.17) is 4.74 Å². The highest BCUT2D eigenvalue weighted by Gasteiger charge is 2.26. The Bertz CT molecular complexity index is 357. The molecular formula is C13H16O2. The summed E-state index contributed by atoms with van der Waals surface area (Å²) in [4.78, 5) is 11.7. The van der Waals surface area contributed by atoms with Crippen molar-refractivity contribution in [2.45, 2.75) is 32.1 Å². The summed E-state index contributed by atoms with van der Waals surface area (Å²) in [6.07, 6.45) is 3.10. The fourth-order valence-electron chi connectivity index (χ4n) is 2.24. The normalized spacial score (nSPS) is 19.4. The largest absolute Gasteiger partial charge is 0.466 e. The van der Waals surface area contributed by atoms with E-state index in [0.717, 1.165) is 19.3 Å². The zero-order valence-electron chi connectivity index (χ0n) is 9.03. The maximum absolute atomic E-state index is 11.7. The molecule has 2 heteroatoms. The molecule has 0 aliphatic heterocycles. The Morgan fingerprint density at radius 3 is 3.07 bits per heavy atom. The van der Waals surface area contributed by atoms with Crippen LogP contribution in [0.25, 0.3) is 0 Å². The molecule has 2 rings (SSSR count). The van der Waals surface area contributed by atoms with Crippen LogP contribution in [0, 0.1) is 0 Å². The van der Waals surface area contributed by atoms with Gasteiger partial charge in [-0.1, -0.05) is 24.3 Å². The van der Waals surface area contributed by atoms with Gasteiger partial charge in [-0.15, -0.1) is 0 Å². The van der Waals surface area contributed by atoms with Crippen molar-refractivity contribution in [1.29, 1.82) is 0 Å². The van der Waals surface area contributed by atoms with E-state index in [1.807, 2.05) is 19.1 Å². The minimum atomic E-state index is -0.0651. The van der Waals surface area contributed by atoms with Gasteiger partial charge in [0.2, 0.25) is 0 Å². The van der Waals surface area contributed by atoms with Crippen molar-refractivity contribution in [3.63, 3.8) is 0 Å². The highest BCUT2D eigenvalue weighted by atomic mass is 16.5. The van der Waals surface area contributed by atoms with E-state index in [9.17, 15) is 4.79 Å². The zero-order chi connectivity index (χ0) is 10.7. The number of aryl methyl sites for hydroxylation is 1. The summed E-state index contributed by atoms with van der Waals surface area (Å²) in [6.45, 7) is 2.32. The molecular weight excluding hydrogens is 188 g/mol. The predicted octanol–water partition coefficient (Wildman–Crippen LogP) is 2.67. The molecule has 1 unspecified atom stereocenters. The maximum Gasteiger partial charge on any atom is 0.313 e. The van der Waals surface area contributed by atoms with Crippen LogP contribution in [-0.4, -0.2) is 12.6 Å². The Morgan fingerprint density at radius 2 is 2.27 bits per heavy atom. The van der Waals surface area contributed by atoms with Crippen LogP contribution in [0.4, 0.5) is 0 Å². The Kier molecular flexibility index (Phi) is 3.05. The predicted molar refractivity (Wildman–Crippen MR) is 58.8 cm³/mol. The smallest absolute Gasteiger partial charge is 0.313 e. The van der Waals surface area contributed by atoms with E-state index in [2.05, 4.69) is 12.1 Å². The topological polar surface area (TPSA) is 26.3 Å². The van der Waals surface area contributed by atoms with Gasteiger partial charge in [0.1, 0.15) is 0 Å². The Morgan fingerprint density at radius 1 is 1.47 bits per heavy atom. The van der Waals surface area contributed by atoms with Crippen molar-refractivity contribution in [2.75, 3.05) is 6.61 Å². The molecule has 15 heavy (non-hydrogen) atoms. The molecule has 1 atom stereocenters. The lowest BCUT2D eigenvalue weighted by atomic mass is 9.83. The molecule has 2 nitrogen and oxygen atoms in total. The van der Waals surface area contributed by atoms with Gasteiger partial charge in [-0.3, -0.25) is 4.79 Å². The first-order chi connectivity index (χ1) is 7.33. The van der Waals surface area contributed by atoms with Crippen molar-refractivity contribution in [3.05, 3.63) is 35.4 Å². The summed E-state index contributed by atoms with van der Waals surface area (Å²) < 4.78 is 5.10. The minimum Gasteiger partial charge on any atom is -0.466 e. The van der Waals surface area contributed by atoms with Crippen molar-refractivity contribution in [2.24, 2.45) is 0 Å². The standard InChI is InChI=1S/C13H16O2/c1-2-15-13(14)12-9-5-7-10-6-3-4-8-11(10)12/h3-4,6,8,12H,2,5,7,9H2,1H3. The molecule has 1 aliphatic carbocycles. The third-order valence-electron chi connectivity index (χ3n) is 2.94. The maximum atomic E-state index is 11.7. The average Bonchev–Trinajstić information content (AvgIpc) is 2.28. The summed E-state index contributed by atoms with van der Waals surface area (Å²) in [7, 11) is 0. The summed E-state index contributed by atoms with van der Waals surface area (Å²) in [5.74, 6) is -0.0976. The molecule has 0 spiro atoms. The quantitative estimate of drug-likeness (QED) is 0.692. The van der Waals surface area contributed by atoms with Gasteiger partial charge < -0.3 is 4.74 Å². The zero-order valence-corrected chi connectivity index (χ0v) is 9.03. The summed E-state index contributed by atoms with van der Waals surface area (Å²) >= 11 is 0. The van der Waals surface area contributed by atoms with E-state index in [1.54, 1.807) is 0 Å². The number of benzene rings is 1. The molecule has 80 valence electrons. The van der Waals surface area contributed by atoms with Crippen LogP contribution in [0.3, 0.4) is 0 Å². The molecule has 1 aliphatic rings. The number of rotatable bonds is 2. The van der Waals surface area contributed by atoms with Crippen LogP contribution in [0.5, 0.6) is 0 Å². The van der Waals surface area contributed by atoms with Gasteiger partial charge in [0.05, 0.1) is 12.5 Å². The summed E-state index contributed by atoms with van der Waals surface area (Å²) in [5, 5.41) is 0. The number of carbonyl (C=O) groups is 1. The third kappa shape index (κ3) is 2.04. The van der Waals surface area contributed by atoms with Gasteiger partial charge >= 0.3 is 5.97 Å². The van der Waals surface area contributed by atoms with Crippen LogP contribution in [0.2, 0.25) is 0 Å². The van der Waals surface area contributed by atoms with Gasteiger partial charge in [0.15, 0.2) is 0 Å². The minimum absolute atomic E-state index is 0.0325.